The molecule has 0 aliphatic carbocycles. The first-order chi connectivity index (χ1) is 13.0. The third-order valence-corrected chi connectivity index (χ3v) is 5.10. The topological polar surface area (TPSA) is 54.9 Å². The van der Waals surface area contributed by atoms with Gasteiger partial charge >= 0.3 is 0 Å². The highest BCUT2D eigenvalue weighted by atomic mass is 16.5. The average molecular weight is 369 g/mol. The van der Waals surface area contributed by atoms with E-state index in [0.29, 0.717) is 23.1 Å². The van der Waals surface area contributed by atoms with Gasteiger partial charge < -0.3 is 19.3 Å². The predicted octanol–water partition coefficient (Wildman–Crippen LogP) is 2.66. The summed E-state index contributed by atoms with van der Waals surface area (Å²) in [6.07, 6.45) is 3.23. The number of hydrogen-bond acceptors (Lipinski definition) is 6. The van der Waals surface area contributed by atoms with Crippen LogP contribution in [0.15, 0.2) is 36.5 Å². The molecule has 0 bridgehead atoms. The van der Waals surface area contributed by atoms with Gasteiger partial charge in [-0.3, -0.25) is 4.79 Å². The molecule has 1 saturated heterocycles. The van der Waals surface area contributed by atoms with E-state index in [9.17, 15) is 4.79 Å². The molecule has 0 saturated carbocycles. The molecule has 2 aromatic rings. The summed E-state index contributed by atoms with van der Waals surface area (Å²) in [4.78, 5) is 21.8. The van der Waals surface area contributed by atoms with Crippen LogP contribution in [-0.2, 0) is 6.42 Å². The highest BCUT2D eigenvalue weighted by molar-refractivity contribution is 6.00. The number of carbonyl (C=O) groups is 1. The monoisotopic (exact) mass is 369 g/mol. The first-order valence-corrected chi connectivity index (χ1v) is 9.13. The van der Waals surface area contributed by atoms with Gasteiger partial charge in [-0.25, -0.2) is 4.98 Å². The Kier molecular flexibility index (Phi) is 5.96. The number of aromatic nitrogens is 1. The van der Waals surface area contributed by atoms with Crippen molar-refractivity contribution in [2.24, 2.45) is 0 Å². The standard InChI is InChI=1S/C21H27N3O3/c1-23(2)16-9-10-24(14-16)21-8-5-15(13-22-21)11-19(25)18-7-6-17(26-3)12-20(18)27-4/h5-8,12-13,16H,9-11,14H2,1-4H3/t16-/m1/s1. The van der Waals surface area contributed by atoms with Gasteiger partial charge in [-0.15, -0.1) is 0 Å². The van der Waals surface area contributed by atoms with Crippen molar-refractivity contribution in [1.29, 1.82) is 0 Å². The minimum Gasteiger partial charge on any atom is -0.497 e. The molecule has 0 spiro atoms. The van der Waals surface area contributed by atoms with E-state index in [2.05, 4.69) is 28.9 Å². The number of ether oxygens (including phenoxy) is 2. The summed E-state index contributed by atoms with van der Waals surface area (Å²) < 4.78 is 10.5. The molecule has 1 aliphatic heterocycles. The Balaban J connectivity index is 1.67. The van der Waals surface area contributed by atoms with Crippen LogP contribution < -0.4 is 14.4 Å². The highest BCUT2D eigenvalue weighted by Gasteiger charge is 2.24. The molecule has 6 nitrogen and oxygen atoms in total. The summed E-state index contributed by atoms with van der Waals surface area (Å²) in [5, 5.41) is 0. The first-order valence-electron chi connectivity index (χ1n) is 9.13. The first kappa shape index (κ1) is 19.2. The number of anilines is 1. The van der Waals surface area contributed by atoms with Crippen LogP contribution in [0.4, 0.5) is 5.82 Å². The van der Waals surface area contributed by atoms with E-state index in [1.165, 1.54) is 0 Å². The lowest BCUT2D eigenvalue weighted by Crippen LogP contribution is -2.31. The molecular formula is C21H27N3O3. The molecule has 1 atom stereocenters. The second kappa shape index (κ2) is 8.39. The number of ketones is 1. The zero-order valence-corrected chi connectivity index (χ0v) is 16.4. The summed E-state index contributed by atoms with van der Waals surface area (Å²) in [5.41, 5.74) is 1.45. The quantitative estimate of drug-likeness (QED) is 0.700. The number of carbonyl (C=O) groups excluding carboxylic acids is 1. The Morgan fingerprint density at radius 1 is 1.22 bits per heavy atom. The Hall–Kier alpha value is -2.60. The maximum Gasteiger partial charge on any atom is 0.171 e. The van der Waals surface area contributed by atoms with Crippen LogP contribution in [0.3, 0.4) is 0 Å². The Labute approximate surface area is 160 Å². The fourth-order valence-corrected chi connectivity index (χ4v) is 3.39. The van der Waals surface area contributed by atoms with Gasteiger partial charge in [0, 0.05) is 37.8 Å². The zero-order valence-electron chi connectivity index (χ0n) is 16.4. The number of pyridine rings is 1. The van der Waals surface area contributed by atoms with Crippen LogP contribution in [0, 0.1) is 0 Å². The van der Waals surface area contributed by atoms with Crippen molar-refractivity contribution < 1.29 is 14.3 Å². The largest absolute Gasteiger partial charge is 0.497 e. The summed E-state index contributed by atoms with van der Waals surface area (Å²) in [5.74, 6) is 2.15. The molecule has 3 rings (SSSR count). The van der Waals surface area contributed by atoms with Crippen LogP contribution in [0.1, 0.15) is 22.3 Å². The summed E-state index contributed by atoms with van der Waals surface area (Å²) in [6.45, 7) is 2.00. The Morgan fingerprint density at radius 2 is 2.04 bits per heavy atom. The molecular weight excluding hydrogens is 342 g/mol. The fourth-order valence-electron chi connectivity index (χ4n) is 3.39. The summed E-state index contributed by atoms with van der Waals surface area (Å²) in [7, 11) is 7.37. The lowest BCUT2D eigenvalue weighted by atomic mass is 10.0. The maximum atomic E-state index is 12.7. The summed E-state index contributed by atoms with van der Waals surface area (Å²) in [6, 6.07) is 9.79. The van der Waals surface area contributed by atoms with E-state index in [-0.39, 0.29) is 12.2 Å². The number of nitrogens with zero attached hydrogens (tertiary/aromatic N) is 3. The second-order valence-electron chi connectivity index (χ2n) is 7.04. The van der Waals surface area contributed by atoms with Crippen molar-refractivity contribution in [3.8, 4) is 11.5 Å². The van der Waals surface area contributed by atoms with Gasteiger partial charge in [-0.2, -0.15) is 0 Å². The Morgan fingerprint density at radius 3 is 2.63 bits per heavy atom. The molecule has 2 heterocycles. The van der Waals surface area contributed by atoms with Gasteiger partial charge in [0.25, 0.3) is 0 Å². The smallest absolute Gasteiger partial charge is 0.171 e. The van der Waals surface area contributed by atoms with Crippen LogP contribution in [-0.4, -0.2) is 63.1 Å². The predicted molar refractivity (Wildman–Crippen MR) is 106 cm³/mol. The van der Waals surface area contributed by atoms with Crippen molar-refractivity contribution in [1.82, 2.24) is 9.88 Å². The average Bonchev–Trinajstić information content (AvgIpc) is 3.18. The van der Waals surface area contributed by atoms with E-state index >= 15 is 0 Å². The molecule has 0 radical (unpaired) electrons. The molecule has 0 unspecified atom stereocenters. The number of hydrogen-bond donors (Lipinski definition) is 0. The van der Waals surface area contributed by atoms with E-state index < -0.39 is 0 Å². The minimum atomic E-state index is -0.00195. The molecule has 1 aromatic carbocycles. The number of Topliss-reactive ketones (excluding diaryl/α,β-unsaturated/α-hetero) is 1. The third kappa shape index (κ3) is 4.39. The molecule has 144 valence electrons. The van der Waals surface area contributed by atoms with Gasteiger partial charge in [-0.05, 0) is 44.3 Å². The fraction of sp³-hybridized carbons (Fsp3) is 0.429. The van der Waals surface area contributed by atoms with Crippen LogP contribution in [0.2, 0.25) is 0 Å². The van der Waals surface area contributed by atoms with Gasteiger partial charge in [0.05, 0.1) is 19.8 Å². The lowest BCUT2D eigenvalue weighted by molar-refractivity contribution is 0.0990. The SMILES string of the molecule is COc1ccc(C(=O)Cc2ccc(N3CC[C@@H](N(C)C)C3)nc2)c(OC)c1. The van der Waals surface area contributed by atoms with Gasteiger partial charge in [-0.1, -0.05) is 6.07 Å². The van der Waals surface area contributed by atoms with Crippen molar-refractivity contribution >= 4 is 11.6 Å². The molecule has 1 fully saturated rings. The van der Waals surface area contributed by atoms with E-state index in [0.717, 1.165) is 30.9 Å². The molecule has 0 N–H and O–H groups in total. The van der Waals surface area contributed by atoms with Crippen LogP contribution in [0.5, 0.6) is 11.5 Å². The zero-order chi connectivity index (χ0) is 19.4. The van der Waals surface area contributed by atoms with Crippen LogP contribution >= 0.6 is 0 Å². The third-order valence-electron chi connectivity index (χ3n) is 5.10. The molecule has 1 aromatic heterocycles. The van der Waals surface area contributed by atoms with Gasteiger partial charge in [0.1, 0.15) is 17.3 Å². The summed E-state index contributed by atoms with van der Waals surface area (Å²) >= 11 is 0. The number of likely N-dealkylation sites (N-methyl/N-ethyl adjacent to an activating group) is 1. The van der Waals surface area contributed by atoms with Crippen molar-refractivity contribution in [2.45, 2.75) is 18.9 Å². The maximum absolute atomic E-state index is 12.7. The van der Waals surface area contributed by atoms with E-state index in [1.54, 1.807) is 38.6 Å². The highest BCUT2D eigenvalue weighted by Crippen LogP contribution is 2.26. The number of methoxy groups -OCH3 is 2. The minimum absolute atomic E-state index is 0.00195. The van der Waals surface area contributed by atoms with Crippen molar-refractivity contribution in [3.05, 3.63) is 47.7 Å². The lowest BCUT2D eigenvalue weighted by Gasteiger charge is -2.21. The van der Waals surface area contributed by atoms with Gasteiger partial charge in [0.2, 0.25) is 0 Å². The number of benzene rings is 1. The number of rotatable bonds is 7. The molecule has 0 amide bonds. The molecule has 27 heavy (non-hydrogen) atoms. The van der Waals surface area contributed by atoms with Gasteiger partial charge in [0.15, 0.2) is 5.78 Å². The van der Waals surface area contributed by atoms with Crippen molar-refractivity contribution in [2.75, 3.05) is 46.3 Å². The van der Waals surface area contributed by atoms with Crippen molar-refractivity contribution in [3.63, 3.8) is 0 Å². The second-order valence-corrected chi connectivity index (χ2v) is 7.04. The molecule has 1 aliphatic rings. The normalized spacial score (nSPS) is 16.6. The molecule has 6 heteroatoms. The van der Waals surface area contributed by atoms with E-state index in [1.807, 2.05) is 12.1 Å². The van der Waals surface area contributed by atoms with Crippen LogP contribution in [0.25, 0.3) is 0 Å². The van der Waals surface area contributed by atoms with E-state index in [4.69, 9.17) is 9.47 Å². The Bertz CT molecular complexity index is 790.